The zero-order valence-corrected chi connectivity index (χ0v) is 10.7. The molecule has 0 aliphatic carbocycles. The fourth-order valence-electron chi connectivity index (χ4n) is 2.12. The van der Waals surface area contributed by atoms with E-state index in [0.717, 1.165) is 5.82 Å². The average Bonchev–Trinajstić information content (AvgIpc) is 2.28. The fraction of sp³-hybridized carbons (Fsp3) is 0.636. The molecular weight excluding hydrogens is 242 g/mol. The maximum Gasteiger partial charge on any atom is 0.224 e. The summed E-state index contributed by atoms with van der Waals surface area (Å²) < 4.78 is 5.47. The van der Waals surface area contributed by atoms with Crippen LogP contribution in [-0.4, -0.2) is 40.4 Å². The Kier molecular flexibility index (Phi) is 3.81. The first-order valence-electron chi connectivity index (χ1n) is 5.62. The number of halogens is 1. The Bertz CT molecular complexity index is 392. The van der Waals surface area contributed by atoms with Crippen molar-refractivity contribution in [3.05, 3.63) is 17.0 Å². The summed E-state index contributed by atoms with van der Waals surface area (Å²) in [4.78, 5) is 10.3. The number of rotatable bonds is 2. The molecule has 0 saturated carbocycles. The highest BCUT2D eigenvalue weighted by atomic mass is 35.5. The summed E-state index contributed by atoms with van der Waals surface area (Å²) in [5, 5.41) is 9.29. The van der Waals surface area contributed by atoms with Crippen molar-refractivity contribution >= 4 is 17.4 Å². The first-order valence-corrected chi connectivity index (χ1v) is 6.00. The minimum Gasteiger partial charge on any atom is -0.390 e. The van der Waals surface area contributed by atoms with Gasteiger partial charge in [0.1, 0.15) is 5.82 Å². The van der Waals surface area contributed by atoms with Crippen molar-refractivity contribution < 1.29 is 9.84 Å². The number of morpholine rings is 1. The number of hydrogen-bond donors (Lipinski definition) is 1. The molecule has 2 atom stereocenters. The van der Waals surface area contributed by atoms with E-state index in [0.29, 0.717) is 18.9 Å². The average molecular weight is 258 g/mol. The van der Waals surface area contributed by atoms with E-state index in [9.17, 15) is 0 Å². The highest BCUT2D eigenvalue weighted by Gasteiger charge is 2.27. The molecule has 1 saturated heterocycles. The second-order valence-corrected chi connectivity index (χ2v) is 4.63. The smallest absolute Gasteiger partial charge is 0.224 e. The molecule has 0 unspecified atom stereocenters. The molecule has 5 nitrogen and oxygen atoms in total. The van der Waals surface area contributed by atoms with Crippen molar-refractivity contribution in [1.82, 2.24) is 9.97 Å². The van der Waals surface area contributed by atoms with Crippen LogP contribution in [0.15, 0.2) is 6.07 Å². The van der Waals surface area contributed by atoms with Crippen molar-refractivity contribution in [3.8, 4) is 0 Å². The van der Waals surface area contributed by atoms with E-state index >= 15 is 0 Å². The van der Waals surface area contributed by atoms with Crippen LogP contribution < -0.4 is 4.90 Å². The van der Waals surface area contributed by atoms with Gasteiger partial charge in [-0.1, -0.05) is 0 Å². The summed E-state index contributed by atoms with van der Waals surface area (Å²) in [5.74, 6) is 0.748. The monoisotopic (exact) mass is 257 g/mol. The maximum atomic E-state index is 9.12. The zero-order chi connectivity index (χ0) is 12.4. The Morgan fingerprint density at radius 1 is 1.41 bits per heavy atom. The molecule has 1 aromatic rings. The Morgan fingerprint density at radius 3 is 2.65 bits per heavy atom. The van der Waals surface area contributed by atoms with Crippen LogP contribution in [-0.2, 0) is 11.3 Å². The quantitative estimate of drug-likeness (QED) is 0.808. The molecule has 0 amide bonds. The second-order valence-electron chi connectivity index (χ2n) is 4.29. The summed E-state index contributed by atoms with van der Waals surface area (Å²) in [6.45, 7) is 5.35. The number of anilines is 1. The van der Waals surface area contributed by atoms with Gasteiger partial charge in [-0.25, -0.2) is 9.97 Å². The van der Waals surface area contributed by atoms with Gasteiger partial charge in [-0.3, -0.25) is 0 Å². The SMILES string of the molecule is C[C@H]1COC[C@H](C)N1c1cc(CO)nc(Cl)n1. The third kappa shape index (κ3) is 2.68. The Balaban J connectivity index is 2.34. The van der Waals surface area contributed by atoms with Crippen LogP contribution in [0.1, 0.15) is 19.5 Å². The third-order valence-electron chi connectivity index (χ3n) is 2.83. The minimum absolute atomic E-state index is 0.137. The summed E-state index contributed by atoms with van der Waals surface area (Å²) in [7, 11) is 0. The first-order chi connectivity index (χ1) is 8.11. The standard InChI is InChI=1S/C11H16ClN3O2/c1-7-5-17-6-8(2)15(7)10-3-9(4-16)13-11(12)14-10/h3,7-8,16H,4-6H2,1-2H3/t7-,8-/m0/s1. The second kappa shape index (κ2) is 5.16. The predicted octanol–water partition coefficient (Wildman–Crippen LogP) is 1.24. The van der Waals surface area contributed by atoms with E-state index in [1.165, 1.54) is 0 Å². The van der Waals surface area contributed by atoms with E-state index in [1.54, 1.807) is 6.07 Å². The molecule has 0 bridgehead atoms. The lowest BCUT2D eigenvalue weighted by Gasteiger charge is -2.39. The van der Waals surface area contributed by atoms with Gasteiger partial charge in [-0.15, -0.1) is 0 Å². The van der Waals surface area contributed by atoms with Crippen molar-refractivity contribution in [1.29, 1.82) is 0 Å². The number of ether oxygens (including phenoxy) is 1. The highest BCUT2D eigenvalue weighted by Crippen LogP contribution is 2.23. The summed E-state index contributed by atoms with van der Waals surface area (Å²) in [5.41, 5.74) is 0.533. The molecule has 0 spiro atoms. The van der Waals surface area contributed by atoms with E-state index < -0.39 is 0 Å². The largest absolute Gasteiger partial charge is 0.390 e. The molecule has 1 aromatic heterocycles. The maximum absolute atomic E-state index is 9.12. The fourth-order valence-corrected chi connectivity index (χ4v) is 2.32. The normalized spacial score (nSPS) is 25.1. The van der Waals surface area contributed by atoms with Crippen LogP contribution in [0.3, 0.4) is 0 Å². The minimum atomic E-state index is -0.137. The number of aliphatic hydroxyl groups excluding tert-OH is 1. The van der Waals surface area contributed by atoms with Crippen LogP contribution in [0, 0.1) is 0 Å². The third-order valence-corrected chi connectivity index (χ3v) is 3.00. The summed E-state index contributed by atoms with van der Waals surface area (Å²) in [6.07, 6.45) is 0. The van der Waals surface area contributed by atoms with Crippen LogP contribution in [0.25, 0.3) is 0 Å². The molecule has 1 fully saturated rings. The Hall–Kier alpha value is -0.910. The van der Waals surface area contributed by atoms with Gasteiger partial charge in [-0.2, -0.15) is 0 Å². The van der Waals surface area contributed by atoms with Crippen molar-refractivity contribution in [2.24, 2.45) is 0 Å². The van der Waals surface area contributed by atoms with Crippen molar-refractivity contribution in [2.75, 3.05) is 18.1 Å². The molecule has 1 N–H and O–H groups in total. The number of nitrogens with zero attached hydrogens (tertiary/aromatic N) is 3. The molecule has 0 radical (unpaired) electrons. The van der Waals surface area contributed by atoms with Gasteiger partial charge < -0.3 is 14.7 Å². The van der Waals surface area contributed by atoms with Gasteiger partial charge in [0, 0.05) is 6.07 Å². The lowest BCUT2D eigenvalue weighted by atomic mass is 10.1. The molecule has 2 rings (SSSR count). The zero-order valence-electron chi connectivity index (χ0n) is 9.93. The van der Waals surface area contributed by atoms with Gasteiger partial charge in [0.25, 0.3) is 0 Å². The molecule has 2 heterocycles. The van der Waals surface area contributed by atoms with Crippen LogP contribution >= 0.6 is 11.6 Å². The lowest BCUT2D eigenvalue weighted by Crippen LogP contribution is -2.50. The summed E-state index contributed by atoms with van der Waals surface area (Å²) in [6, 6.07) is 2.23. The van der Waals surface area contributed by atoms with Gasteiger partial charge in [0.05, 0.1) is 37.6 Å². The molecular formula is C11H16ClN3O2. The van der Waals surface area contributed by atoms with Gasteiger partial charge in [-0.05, 0) is 25.4 Å². The van der Waals surface area contributed by atoms with E-state index in [1.807, 2.05) is 0 Å². The van der Waals surface area contributed by atoms with Gasteiger partial charge in [0.15, 0.2) is 0 Å². The molecule has 0 aromatic carbocycles. The number of aromatic nitrogens is 2. The van der Waals surface area contributed by atoms with Crippen LogP contribution in [0.5, 0.6) is 0 Å². The van der Waals surface area contributed by atoms with Gasteiger partial charge >= 0.3 is 0 Å². The Labute approximate surface area is 105 Å². The first kappa shape index (κ1) is 12.5. The van der Waals surface area contributed by atoms with Crippen LogP contribution in [0.2, 0.25) is 5.28 Å². The van der Waals surface area contributed by atoms with E-state index in [2.05, 4.69) is 28.7 Å². The predicted molar refractivity (Wildman–Crippen MR) is 65.2 cm³/mol. The molecule has 6 heteroatoms. The van der Waals surface area contributed by atoms with Crippen molar-refractivity contribution in [2.45, 2.75) is 32.5 Å². The van der Waals surface area contributed by atoms with E-state index in [4.69, 9.17) is 21.4 Å². The Morgan fingerprint density at radius 2 is 2.06 bits per heavy atom. The lowest BCUT2D eigenvalue weighted by molar-refractivity contribution is 0.0751. The van der Waals surface area contributed by atoms with Crippen LogP contribution in [0.4, 0.5) is 5.82 Å². The molecule has 94 valence electrons. The molecule has 17 heavy (non-hydrogen) atoms. The highest BCUT2D eigenvalue weighted by molar-refractivity contribution is 6.28. The topological polar surface area (TPSA) is 58.5 Å². The van der Waals surface area contributed by atoms with Gasteiger partial charge in [0.2, 0.25) is 5.28 Å². The van der Waals surface area contributed by atoms with E-state index in [-0.39, 0.29) is 24.0 Å². The number of hydrogen-bond acceptors (Lipinski definition) is 5. The summed E-state index contributed by atoms with van der Waals surface area (Å²) >= 11 is 5.85. The number of aliphatic hydroxyl groups is 1. The van der Waals surface area contributed by atoms with Crippen molar-refractivity contribution in [3.63, 3.8) is 0 Å². The molecule has 1 aliphatic rings. The molecule has 1 aliphatic heterocycles.